The van der Waals surface area contributed by atoms with Gasteiger partial charge in [0.15, 0.2) is 11.5 Å². The summed E-state index contributed by atoms with van der Waals surface area (Å²) < 4.78 is 10.5. The molecule has 1 saturated carbocycles. The number of imide groups is 1. The van der Waals surface area contributed by atoms with Gasteiger partial charge >= 0.3 is 0 Å². The fraction of sp³-hybridized carbons (Fsp3) is 0.450. The molecule has 142 valence electrons. The molecule has 1 aromatic heterocycles. The van der Waals surface area contributed by atoms with Crippen LogP contribution in [-0.4, -0.2) is 48.1 Å². The van der Waals surface area contributed by atoms with Crippen LogP contribution < -0.4 is 10.1 Å². The number of carbonyl (C=O) groups excluding carboxylic acids is 2. The summed E-state index contributed by atoms with van der Waals surface area (Å²) in [5.41, 5.74) is 0.966. The third-order valence-electron chi connectivity index (χ3n) is 5.12. The summed E-state index contributed by atoms with van der Waals surface area (Å²) in [6.07, 6.45) is 3.49. The smallest absolute Gasteiger partial charge is 0.282 e. The van der Waals surface area contributed by atoms with E-state index in [1.807, 2.05) is 24.3 Å². The topological polar surface area (TPSA) is 84.7 Å². The Bertz CT molecular complexity index is 820. The highest BCUT2D eigenvalue weighted by molar-refractivity contribution is 6.05. The lowest BCUT2D eigenvalue weighted by atomic mass is 9.98. The first kappa shape index (κ1) is 17.7. The Kier molecular flexibility index (Phi) is 4.94. The standard InChI is InChI=1S/C20H23N3O4/c1-26-16-8-4-13(5-9-16)18-11-17(22-27-18)20(25)23(15-6-7-15)19(24)14-3-2-10-21-12-14/h4-5,8-9,11,14-15,21H,2-3,6-7,10,12H2,1H3. The van der Waals surface area contributed by atoms with E-state index in [9.17, 15) is 9.59 Å². The molecule has 2 heterocycles. The molecule has 0 bridgehead atoms. The van der Waals surface area contributed by atoms with E-state index in [1.54, 1.807) is 13.2 Å². The van der Waals surface area contributed by atoms with Crippen molar-refractivity contribution in [2.24, 2.45) is 5.92 Å². The van der Waals surface area contributed by atoms with E-state index in [4.69, 9.17) is 9.26 Å². The second-order valence-electron chi connectivity index (χ2n) is 7.09. The number of methoxy groups -OCH3 is 1. The highest BCUT2D eigenvalue weighted by Gasteiger charge is 2.41. The summed E-state index contributed by atoms with van der Waals surface area (Å²) in [5.74, 6) is 0.626. The van der Waals surface area contributed by atoms with Gasteiger partial charge in [0.05, 0.1) is 13.0 Å². The SMILES string of the molecule is COc1ccc(-c2cc(C(=O)N(C(=O)C3CCCNC3)C3CC3)no2)cc1. The molecule has 27 heavy (non-hydrogen) atoms. The Balaban J connectivity index is 1.53. The third-order valence-corrected chi connectivity index (χ3v) is 5.12. The maximum atomic E-state index is 13.0. The van der Waals surface area contributed by atoms with Crippen molar-refractivity contribution in [3.63, 3.8) is 0 Å². The van der Waals surface area contributed by atoms with Crippen LogP contribution in [-0.2, 0) is 4.79 Å². The van der Waals surface area contributed by atoms with Gasteiger partial charge in [-0.2, -0.15) is 0 Å². The summed E-state index contributed by atoms with van der Waals surface area (Å²) in [7, 11) is 1.60. The van der Waals surface area contributed by atoms with Crippen LogP contribution in [0.15, 0.2) is 34.9 Å². The number of ether oxygens (including phenoxy) is 1. The average Bonchev–Trinajstić information content (AvgIpc) is 3.43. The molecule has 4 rings (SSSR count). The molecular formula is C20H23N3O4. The lowest BCUT2D eigenvalue weighted by Gasteiger charge is -2.28. The maximum Gasteiger partial charge on any atom is 0.282 e. The van der Waals surface area contributed by atoms with Gasteiger partial charge in [-0.3, -0.25) is 14.5 Å². The molecule has 7 heteroatoms. The fourth-order valence-electron chi connectivity index (χ4n) is 3.43. The van der Waals surface area contributed by atoms with Crippen molar-refractivity contribution in [1.82, 2.24) is 15.4 Å². The number of hydrogen-bond donors (Lipinski definition) is 1. The largest absolute Gasteiger partial charge is 0.497 e. The molecular weight excluding hydrogens is 346 g/mol. The van der Waals surface area contributed by atoms with Gasteiger partial charge in [0, 0.05) is 24.2 Å². The Labute approximate surface area is 157 Å². The summed E-state index contributed by atoms with van der Waals surface area (Å²) in [5, 5.41) is 7.17. The molecule has 1 saturated heterocycles. The molecule has 2 amide bonds. The van der Waals surface area contributed by atoms with Crippen LogP contribution in [0.25, 0.3) is 11.3 Å². The van der Waals surface area contributed by atoms with Crippen molar-refractivity contribution in [3.8, 4) is 17.1 Å². The predicted octanol–water partition coefficient (Wildman–Crippen LogP) is 2.48. The Morgan fingerprint density at radius 1 is 1.22 bits per heavy atom. The number of carbonyl (C=O) groups is 2. The zero-order chi connectivity index (χ0) is 18.8. The zero-order valence-electron chi connectivity index (χ0n) is 15.3. The molecule has 1 aliphatic heterocycles. The first-order chi connectivity index (χ1) is 13.2. The average molecular weight is 369 g/mol. The predicted molar refractivity (Wildman–Crippen MR) is 98.3 cm³/mol. The molecule has 1 atom stereocenters. The molecule has 2 aromatic rings. The molecule has 1 unspecified atom stereocenters. The normalized spacial score (nSPS) is 19.5. The Morgan fingerprint density at radius 2 is 2.00 bits per heavy atom. The summed E-state index contributed by atoms with van der Waals surface area (Å²) >= 11 is 0. The van der Waals surface area contributed by atoms with Crippen LogP contribution in [0.4, 0.5) is 0 Å². The van der Waals surface area contributed by atoms with Crippen molar-refractivity contribution in [1.29, 1.82) is 0 Å². The minimum Gasteiger partial charge on any atom is -0.497 e. The first-order valence-corrected chi connectivity index (χ1v) is 9.36. The lowest BCUT2D eigenvalue weighted by molar-refractivity contribution is -0.133. The number of aromatic nitrogens is 1. The van der Waals surface area contributed by atoms with Crippen LogP contribution in [0.2, 0.25) is 0 Å². The van der Waals surface area contributed by atoms with Gasteiger partial charge in [0.1, 0.15) is 5.75 Å². The van der Waals surface area contributed by atoms with Crippen LogP contribution in [0.1, 0.15) is 36.2 Å². The molecule has 0 spiro atoms. The summed E-state index contributed by atoms with van der Waals surface area (Å²) in [4.78, 5) is 27.3. The Morgan fingerprint density at radius 3 is 2.63 bits per heavy atom. The van der Waals surface area contributed by atoms with Gasteiger partial charge < -0.3 is 14.6 Å². The molecule has 1 N–H and O–H groups in total. The fourth-order valence-corrected chi connectivity index (χ4v) is 3.43. The second-order valence-corrected chi connectivity index (χ2v) is 7.09. The minimum atomic E-state index is -0.364. The van der Waals surface area contributed by atoms with E-state index in [1.165, 1.54) is 4.90 Å². The number of amides is 2. The highest BCUT2D eigenvalue weighted by Crippen LogP contribution is 2.31. The van der Waals surface area contributed by atoms with Gasteiger partial charge in [0.25, 0.3) is 5.91 Å². The van der Waals surface area contributed by atoms with E-state index < -0.39 is 0 Å². The molecule has 0 radical (unpaired) electrons. The number of nitrogens with one attached hydrogen (secondary N) is 1. The van der Waals surface area contributed by atoms with Gasteiger partial charge in [-0.25, -0.2) is 0 Å². The van der Waals surface area contributed by atoms with Gasteiger partial charge in [-0.05, 0) is 56.5 Å². The van der Waals surface area contributed by atoms with Crippen molar-refractivity contribution < 1.29 is 18.8 Å². The molecule has 2 fully saturated rings. The van der Waals surface area contributed by atoms with Crippen molar-refractivity contribution in [2.75, 3.05) is 20.2 Å². The van der Waals surface area contributed by atoms with E-state index in [0.29, 0.717) is 12.3 Å². The first-order valence-electron chi connectivity index (χ1n) is 9.36. The molecule has 7 nitrogen and oxygen atoms in total. The van der Waals surface area contributed by atoms with E-state index in [-0.39, 0.29) is 29.5 Å². The van der Waals surface area contributed by atoms with Crippen molar-refractivity contribution in [2.45, 2.75) is 31.7 Å². The molecule has 1 aliphatic carbocycles. The van der Waals surface area contributed by atoms with Gasteiger partial charge in [0.2, 0.25) is 5.91 Å². The van der Waals surface area contributed by atoms with Gasteiger partial charge in [-0.15, -0.1) is 0 Å². The van der Waals surface area contributed by atoms with Crippen LogP contribution in [0.5, 0.6) is 5.75 Å². The molecule has 2 aliphatic rings. The quantitative estimate of drug-likeness (QED) is 0.815. The third kappa shape index (κ3) is 3.73. The second kappa shape index (κ2) is 7.52. The number of nitrogens with zero attached hydrogens (tertiary/aromatic N) is 2. The number of benzene rings is 1. The van der Waals surface area contributed by atoms with Crippen molar-refractivity contribution in [3.05, 3.63) is 36.0 Å². The van der Waals surface area contributed by atoms with Crippen LogP contribution >= 0.6 is 0 Å². The summed E-state index contributed by atoms with van der Waals surface area (Å²) in [6.45, 7) is 1.56. The number of rotatable bonds is 5. The van der Waals surface area contributed by atoms with Crippen LogP contribution in [0, 0.1) is 5.92 Å². The molecule has 1 aromatic carbocycles. The number of piperidine rings is 1. The van der Waals surface area contributed by atoms with Crippen molar-refractivity contribution >= 4 is 11.8 Å². The maximum absolute atomic E-state index is 13.0. The van der Waals surface area contributed by atoms with E-state index >= 15 is 0 Å². The Hall–Kier alpha value is -2.67. The van der Waals surface area contributed by atoms with E-state index in [0.717, 1.165) is 43.5 Å². The van der Waals surface area contributed by atoms with Gasteiger partial charge in [-0.1, -0.05) is 5.16 Å². The van der Waals surface area contributed by atoms with E-state index in [2.05, 4.69) is 10.5 Å². The lowest BCUT2D eigenvalue weighted by Crippen LogP contribution is -2.46. The minimum absolute atomic E-state index is 0.00642. The zero-order valence-corrected chi connectivity index (χ0v) is 15.3. The number of hydrogen-bond acceptors (Lipinski definition) is 6. The highest BCUT2D eigenvalue weighted by atomic mass is 16.5. The monoisotopic (exact) mass is 369 g/mol. The summed E-state index contributed by atoms with van der Waals surface area (Å²) in [6, 6.07) is 8.90. The van der Waals surface area contributed by atoms with Crippen LogP contribution in [0.3, 0.4) is 0 Å².